The Morgan fingerprint density at radius 1 is 1.16 bits per heavy atom. The molecule has 4 atom stereocenters. The van der Waals surface area contributed by atoms with Gasteiger partial charge in [-0.3, -0.25) is 9.78 Å². The summed E-state index contributed by atoms with van der Waals surface area (Å²) in [5.41, 5.74) is 6.70. The van der Waals surface area contributed by atoms with E-state index in [1.165, 1.54) is 25.3 Å². The molecule has 4 unspecified atom stereocenters. The summed E-state index contributed by atoms with van der Waals surface area (Å²) in [6.45, 7) is 2.85. The number of nitrogens with one attached hydrogen (secondary N) is 1. The lowest BCUT2D eigenvalue weighted by Gasteiger charge is -2.41. The number of carbonyl (C=O) groups excluding carboxylic acids is 1. The third-order valence-corrected chi connectivity index (χ3v) is 9.33. The van der Waals surface area contributed by atoms with E-state index >= 15 is 8.78 Å². The van der Waals surface area contributed by atoms with E-state index in [2.05, 4.69) is 22.2 Å². The summed E-state index contributed by atoms with van der Waals surface area (Å²) in [4.78, 5) is 21.9. The van der Waals surface area contributed by atoms with Crippen LogP contribution in [0.3, 0.4) is 0 Å². The Kier molecular flexibility index (Phi) is 9.39. The molecule has 2 aromatic heterocycles. The maximum atomic E-state index is 15.5. The first-order valence-electron chi connectivity index (χ1n) is 15.0. The van der Waals surface area contributed by atoms with E-state index in [4.69, 9.17) is 15.2 Å². The number of ether oxygens (including phenoxy) is 2. The van der Waals surface area contributed by atoms with Gasteiger partial charge in [-0.25, -0.2) is 13.8 Å². The summed E-state index contributed by atoms with van der Waals surface area (Å²) in [5, 5.41) is 13.6. The van der Waals surface area contributed by atoms with Gasteiger partial charge in [-0.1, -0.05) is 13.3 Å². The normalized spacial score (nSPS) is 23.0. The van der Waals surface area contributed by atoms with Crippen molar-refractivity contribution < 1.29 is 28.2 Å². The summed E-state index contributed by atoms with van der Waals surface area (Å²) < 4.78 is 41.2. The first-order valence-corrected chi connectivity index (χ1v) is 15.0. The topological polar surface area (TPSA) is 120 Å². The van der Waals surface area contributed by atoms with Gasteiger partial charge in [0.25, 0.3) is 5.91 Å². The number of aliphatic hydroxyl groups is 1. The predicted molar refractivity (Wildman–Crippen MR) is 160 cm³/mol. The molecule has 1 aromatic carbocycles. The van der Waals surface area contributed by atoms with Crippen molar-refractivity contribution in [2.45, 2.75) is 69.4 Å². The van der Waals surface area contributed by atoms with Gasteiger partial charge in [-0.15, -0.1) is 0 Å². The highest BCUT2D eigenvalue weighted by molar-refractivity contribution is 6.03. The fourth-order valence-electron chi connectivity index (χ4n) is 6.75. The van der Waals surface area contributed by atoms with Crippen molar-refractivity contribution in [3.8, 4) is 17.0 Å². The van der Waals surface area contributed by atoms with Gasteiger partial charge in [-0.2, -0.15) is 0 Å². The van der Waals surface area contributed by atoms with Gasteiger partial charge < -0.3 is 25.6 Å². The Morgan fingerprint density at radius 3 is 2.63 bits per heavy atom. The number of methoxy groups -OCH3 is 2. The van der Waals surface area contributed by atoms with Gasteiger partial charge in [0.05, 0.1) is 30.2 Å². The molecule has 2 aliphatic rings. The average Bonchev–Trinajstić information content (AvgIpc) is 2.99. The van der Waals surface area contributed by atoms with E-state index in [1.807, 2.05) is 6.07 Å². The SMILES string of the molecule is CCC1CC(c2ccncc2NC(=O)c2ccc(F)c(-c3c(F)cc(C4(O)CCC4)cc3OC)n2)CC(N)C1CCOC. The summed E-state index contributed by atoms with van der Waals surface area (Å²) in [7, 11) is 3.04. The molecule has 2 heterocycles. The molecule has 1 amide bonds. The Bertz CT molecular complexity index is 1460. The number of amides is 1. The first kappa shape index (κ1) is 31.0. The molecule has 4 N–H and O–H groups in total. The van der Waals surface area contributed by atoms with Crippen LogP contribution >= 0.6 is 0 Å². The van der Waals surface area contributed by atoms with Crippen LogP contribution in [0.2, 0.25) is 0 Å². The Hall–Kier alpha value is -3.47. The maximum Gasteiger partial charge on any atom is 0.274 e. The minimum atomic E-state index is -1.13. The van der Waals surface area contributed by atoms with Gasteiger partial charge in [0, 0.05) is 26.0 Å². The maximum absolute atomic E-state index is 15.5. The van der Waals surface area contributed by atoms with Crippen LogP contribution in [-0.4, -0.2) is 47.8 Å². The summed E-state index contributed by atoms with van der Waals surface area (Å²) in [6, 6.07) is 6.93. The number of hydrogen-bond donors (Lipinski definition) is 3. The van der Waals surface area contributed by atoms with E-state index in [0.717, 1.165) is 43.7 Å². The Labute approximate surface area is 251 Å². The number of anilines is 1. The number of nitrogens with zero attached hydrogens (tertiary/aromatic N) is 2. The highest BCUT2D eigenvalue weighted by Gasteiger charge is 2.38. The minimum Gasteiger partial charge on any atom is -0.496 e. The number of hydrogen-bond acceptors (Lipinski definition) is 7. The lowest BCUT2D eigenvalue weighted by molar-refractivity contribution is -0.0391. The van der Waals surface area contributed by atoms with Gasteiger partial charge in [0.15, 0.2) is 0 Å². The molecule has 10 heteroatoms. The molecule has 0 bridgehead atoms. The quantitative estimate of drug-likeness (QED) is 0.266. The van der Waals surface area contributed by atoms with Gasteiger partial charge >= 0.3 is 0 Å². The van der Waals surface area contributed by atoms with Gasteiger partial charge in [-0.05, 0) is 97.7 Å². The van der Waals surface area contributed by atoms with Crippen molar-refractivity contribution in [3.63, 3.8) is 0 Å². The number of halogens is 2. The van der Waals surface area contributed by atoms with Crippen LogP contribution in [0.25, 0.3) is 11.3 Å². The molecular formula is C33H40F2N4O4. The minimum absolute atomic E-state index is 0.00170. The average molecular weight is 595 g/mol. The van der Waals surface area contributed by atoms with E-state index in [-0.39, 0.29) is 34.7 Å². The van der Waals surface area contributed by atoms with Crippen molar-refractivity contribution in [2.24, 2.45) is 17.6 Å². The van der Waals surface area contributed by atoms with Crippen molar-refractivity contribution in [1.29, 1.82) is 0 Å². The lowest BCUT2D eigenvalue weighted by Crippen LogP contribution is -2.42. The molecular weight excluding hydrogens is 554 g/mol. The van der Waals surface area contributed by atoms with Crippen molar-refractivity contribution in [1.82, 2.24) is 9.97 Å². The van der Waals surface area contributed by atoms with Crippen LogP contribution in [0.15, 0.2) is 42.7 Å². The summed E-state index contributed by atoms with van der Waals surface area (Å²) >= 11 is 0. The number of benzene rings is 1. The third-order valence-electron chi connectivity index (χ3n) is 9.33. The van der Waals surface area contributed by atoms with Crippen LogP contribution < -0.4 is 15.8 Å². The highest BCUT2D eigenvalue weighted by Crippen LogP contribution is 2.45. The zero-order valence-electron chi connectivity index (χ0n) is 24.9. The first-order chi connectivity index (χ1) is 20.7. The molecule has 2 saturated carbocycles. The predicted octanol–water partition coefficient (Wildman–Crippen LogP) is 5.94. The van der Waals surface area contributed by atoms with Crippen LogP contribution in [-0.2, 0) is 10.3 Å². The van der Waals surface area contributed by atoms with Crippen LogP contribution in [0.5, 0.6) is 5.75 Å². The smallest absolute Gasteiger partial charge is 0.274 e. The molecule has 0 aliphatic heterocycles. The zero-order valence-corrected chi connectivity index (χ0v) is 24.9. The molecule has 230 valence electrons. The number of carbonyl (C=O) groups is 1. The standard InChI is InChI=1S/C33H40F2N4O4/c1-4-19-14-20(15-26(36)22(19)9-13-42-2)23-8-12-37-18-28(23)39-32(40)27-7-6-24(34)31(38-27)30-25(35)16-21(17-29(30)43-3)33(41)10-5-11-33/h6-8,12,16-20,22,26,41H,4-5,9-11,13-15,36H2,1-3H3,(H,39,40). The fraction of sp³-hybridized carbons (Fsp3) is 0.485. The summed E-state index contributed by atoms with van der Waals surface area (Å²) in [6.07, 6.45) is 8.73. The van der Waals surface area contributed by atoms with Gasteiger partial charge in [0.1, 0.15) is 28.8 Å². The molecule has 0 radical (unpaired) electrons. The monoisotopic (exact) mass is 594 g/mol. The summed E-state index contributed by atoms with van der Waals surface area (Å²) in [5.74, 6) is -1.26. The Balaban J connectivity index is 1.41. The molecule has 2 aliphatic carbocycles. The fourth-order valence-corrected chi connectivity index (χ4v) is 6.75. The number of rotatable bonds is 10. The van der Waals surface area contributed by atoms with Crippen LogP contribution in [0.4, 0.5) is 14.5 Å². The largest absolute Gasteiger partial charge is 0.496 e. The molecule has 0 spiro atoms. The molecule has 2 fully saturated rings. The second-order valence-corrected chi connectivity index (χ2v) is 11.8. The molecule has 5 rings (SSSR count). The molecule has 43 heavy (non-hydrogen) atoms. The number of pyridine rings is 2. The zero-order chi connectivity index (χ0) is 30.7. The number of aromatic nitrogens is 2. The highest BCUT2D eigenvalue weighted by atomic mass is 19.1. The van der Waals surface area contributed by atoms with Crippen LogP contribution in [0.1, 0.15) is 79.4 Å². The Morgan fingerprint density at radius 2 is 1.95 bits per heavy atom. The van der Waals surface area contributed by atoms with Crippen molar-refractivity contribution in [3.05, 3.63) is 71.2 Å². The molecule has 0 saturated heterocycles. The van der Waals surface area contributed by atoms with Crippen molar-refractivity contribution >= 4 is 11.6 Å². The van der Waals surface area contributed by atoms with Crippen molar-refractivity contribution in [2.75, 3.05) is 26.1 Å². The van der Waals surface area contributed by atoms with E-state index in [9.17, 15) is 9.90 Å². The van der Waals surface area contributed by atoms with Crippen LogP contribution in [0, 0.1) is 23.5 Å². The second-order valence-electron chi connectivity index (χ2n) is 11.8. The third kappa shape index (κ3) is 6.27. The molecule has 8 nitrogen and oxygen atoms in total. The van der Waals surface area contributed by atoms with E-state index in [1.54, 1.807) is 19.5 Å². The van der Waals surface area contributed by atoms with E-state index < -0.39 is 23.1 Å². The lowest BCUT2D eigenvalue weighted by atomic mass is 9.67. The van der Waals surface area contributed by atoms with Gasteiger partial charge in [0.2, 0.25) is 0 Å². The molecule has 3 aromatic rings. The second kappa shape index (κ2) is 13.0. The number of nitrogens with two attached hydrogens (primary N) is 1. The van der Waals surface area contributed by atoms with E-state index in [0.29, 0.717) is 42.5 Å².